The summed E-state index contributed by atoms with van der Waals surface area (Å²) in [5.41, 5.74) is 1.34. The van der Waals surface area contributed by atoms with Gasteiger partial charge in [0.15, 0.2) is 0 Å². The molecule has 6 heteroatoms. The Kier molecular flexibility index (Phi) is 5.77. The molecule has 2 amide bonds. The number of morpholine rings is 1. The van der Waals surface area contributed by atoms with E-state index in [1.807, 2.05) is 19.9 Å². The van der Waals surface area contributed by atoms with Gasteiger partial charge in [-0.1, -0.05) is 6.07 Å². The topological polar surface area (TPSA) is 70.7 Å². The molecule has 1 aromatic rings. The molecule has 0 bridgehead atoms. The van der Waals surface area contributed by atoms with Crippen molar-refractivity contribution in [3.05, 3.63) is 29.8 Å². The van der Waals surface area contributed by atoms with E-state index in [9.17, 15) is 9.59 Å². The number of hydrogen-bond donors (Lipinski definition) is 2. The van der Waals surface area contributed by atoms with Crippen LogP contribution in [0.1, 0.15) is 24.2 Å². The molecule has 1 aliphatic heterocycles. The normalized spacial score (nSPS) is 14.8. The summed E-state index contributed by atoms with van der Waals surface area (Å²) in [6.07, 6.45) is 0. The summed E-state index contributed by atoms with van der Waals surface area (Å²) in [6, 6.07) is 7.25. The highest BCUT2D eigenvalue weighted by molar-refractivity contribution is 5.95. The van der Waals surface area contributed by atoms with E-state index in [-0.39, 0.29) is 24.4 Å². The lowest BCUT2D eigenvalue weighted by atomic mass is 10.1. The molecule has 1 fully saturated rings. The van der Waals surface area contributed by atoms with Crippen molar-refractivity contribution in [1.82, 2.24) is 10.2 Å². The Labute approximate surface area is 130 Å². The summed E-state index contributed by atoms with van der Waals surface area (Å²) in [7, 11) is 0. The molecular formula is C16H23N3O3. The SMILES string of the molecule is CC(C)NC(=O)c1cccc(NCC(=O)N2CCOCC2)c1. The van der Waals surface area contributed by atoms with E-state index < -0.39 is 0 Å². The van der Waals surface area contributed by atoms with Gasteiger partial charge in [-0.3, -0.25) is 9.59 Å². The zero-order valence-electron chi connectivity index (χ0n) is 13.1. The van der Waals surface area contributed by atoms with E-state index in [0.717, 1.165) is 5.69 Å². The zero-order valence-corrected chi connectivity index (χ0v) is 13.1. The number of carbonyl (C=O) groups is 2. The van der Waals surface area contributed by atoms with Crippen molar-refractivity contribution < 1.29 is 14.3 Å². The van der Waals surface area contributed by atoms with Crippen LogP contribution in [0.15, 0.2) is 24.3 Å². The maximum Gasteiger partial charge on any atom is 0.251 e. The van der Waals surface area contributed by atoms with Gasteiger partial charge in [0.05, 0.1) is 19.8 Å². The van der Waals surface area contributed by atoms with E-state index in [1.165, 1.54) is 0 Å². The fourth-order valence-corrected chi connectivity index (χ4v) is 2.22. The van der Waals surface area contributed by atoms with E-state index in [2.05, 4.69) is 10.6 Å². The molecule has 22 heavy (non-hydrogen) atoms. The lowest BCUT2D eigenvalue weighted by Gasteiger charge is -2.27. The van der Waals surface area contributed by atoms with Gasteiger partial charge in [-0.25, -0.2) is 0 Å². The first-order chi connectivity index (χ1) is 10.6. The number of amides is 2. The van der Waals surface area contributed by atoms with Crippen LogP contribution < -0.4 is 10.6 Å². The van der Waals surface area contributed by atoms with Gasteiger partial charge in [0, 0.05) is 30.4 Å². The first-order valence-corrected chi connectivity index (χ1v) is 7.56. The fourth-order valence-electron chi connectivity index (χ4n) is 2.22. The Morgan fingerprint density at radius 3 is 2.68 bits per heavy atom. The first-order valence-electron chi connectivity index (χ1n) is 7.56. The average Bonchev–Trinajstić information content (AvgIpc) is 2.53. The number of ether oxygens (including phenoxy) is 1. The summed E-state index contributed by atoms with van der Waals surface area (Å²) < 4.78 is 5.23. The molecule has 1 saturated heterocycles. The van der Waals surface area contributed by atoms with Crippen LogP contribution in [0.2, 0.25) is 0 Å². The highest BCUT2D eigenvalue weighted by Crippen LogP contribution is 2.11. The summed E-state index contributed by atoms with van der Waals surface area (Å²) in [5.74, 6) is -0.0708. The van der Waals surface area contributed by atoms with Crippen LogP contribution in [0.5, 0.6) is 0 Å². The van der Waals surface area contributed by atoms with Gasteiger partial charge < -0.3 is 20.3 Å². The number of anilines is 1. The van der Waals surface area contributed by atoms with Crippen LogP contribution in [0.4, 0.5) is 5.69 Å². The molecular weight excluding hydrogens is 282 g/mol. The highest BCUT2D eigenvalue weighted by Gasteiger charge is 2.16. The van der Waals surface area contributed by atoms with Gasteiger partial charge in [0.25, 0.3) is 5.91 Å². The van der Waals surface area contributed by atoms with Gasteiger partial charge >= 0.3 is 0 Å². The number of carbonyl (C=O) groups excluding carboxylic acids is 2. The molecule has 0 aliphatic carbocycles. The molecule has 1 aliphatic rings. The number of nitrogens with one attached hydrogen (secondary N) is 2. The molecule has 0 radical (unpaired) electrons. The molecule has 0 spiro atoms. The van der Waals surface area contributed by atoms with Crippen molar-refractivity contribution in [2.24, 2.45) is 0 Å². The molecule has 0 unspecified atom stereocenters. The van der Waals surface area contributed by atoms with Gasteiger partial charge in [-0.15, -0.1) is 0 Å². The van der Waals surface area contributed by atoms with Gasteiger partial charge in [-0.05, 0) is 32.0 Å². The second kappa shape index (κ2) is 7.79. The highest BCUT2D eigenvalue weighted by atomic mass is 16.5. The molecule has 0 saturated carbocycles. The monoisotopic (exact) mass is 305 g/mol. The molecule has 120 valence electrons. The van der Waals surface area contributed by atoms with Crippen LogP contribution >= 0.6 is 0 Å². The summed E-state index contributed by atoms with van der Waals surface area (Å²) in [5, 5.41) is 5.93. The lowest BCUT2D eigenvalue weighted by molar-refractivity contribution is -0.133. The number of nitrogens with zero attached hydrogens (tertiary/aromatic N) is 1. The minimum atomic E-state index is -0.113. The van der Waals surface area contributed by atoms with Crippen LogP contribution in [0.25, 0.3) is 0 Å². The maximum absolute atomic E-state index is 12.1. The van der Waals surface area contributed by atoms with Crippen LogP contribution in [0.3, 0.4) is 0 Å². The summed E-state index contributed by atoms with van der Waals surface area (Å²) >= 11 is 0. The molecule has 1 heterocycles. The van der Waals surface area contributed by atoms with Crippen molar-refractivity contribution in [3.63, 3.8) is 0 Å². The largest absolute Gasteiger partial charge is 0.378 e. The Morgan fingerprint density at radius 1 is 1.27 bits per heavy atom. The second-order valence-electron chi connectivity index (χ2n) is 5.56. The lowest BCUT2D eigenvalue weighted by Crippen LogP contribution is -2.43. The molecule has 2 N–H and O–H groups in total. The Balaban J connectivity index is 1.90. The number of rotatable bonds is 5. The van der Waals surface area contributed by atoms with E-state index in [4.69, 9.17) is 4.74 Å². The van der Waals surface area contributed by atoms with Crippen molar-refractivity contribution in [1.29, 1.82) is 0 Å². The van der Waals surface area contributed by atoms with Crippen molar-refractivity contribution in [3.8, 4) is 0 Å². The quantitative estimate of drug-likeness (QED) is 0.854. The number of benzene rings is 1. The Hall–Kier alpha value is -2.08. The average molecular weight is 305 g/mol. The van der Waals surface area contributed by atoms with Crippen LogP contribution in [0, 0.1) is 0 Å². The van der Waals surface area contributed by atoms with Crippen LogP contribution in [-0.2, 0) is 9.53 Å². The van der Waals surface area contributed by atoms with Crippen LogP contribution in [-0.4, -0.2) is 55.6 Å². The van der Waals surface area contributed by atoms with Gasteiger partial charge in [0.1, 0.15) is 0 Å². The molecule has 2 rings (SSSR count). The maximum atomic E-state index is 12.1. The first kappa shape index (κ1) is 16.3. The number of hydrogen-bond acceptors (Lipinski definition) is 4. The molecule has 1 aromatic carbocycles. The fraction of sp³-hybridized carbons (Fsp3) is 0.500. The predicted octanol–water partition coefficient (Wildman–Crippen LogP) is 1.10. The van der Waals surface area contributed by atoms with E-state index >= 15 is 0 Å². The third-order valence-corrected chi connectivity index (χ3v) is 3.35. The predicted molar refractivity (Wildman–Crippen MR) is 84.9 cm³/mol. The van der Waals surface area contributed by atoms with E-state index in [0.29, 0.717) is 31.9 Å². The second-order valence-corrected chi connectivity index (χ2v) is 5.56. The van der Waals surface area contributed by atoms with Gasteiger partial charge in [0.2, 0.25) is 5.91 Å². The third-order valence-electron chi connectivity index (χ3n) is 3.35. The summed E-state index contributed by atoms with van der Waals surface area (Å²) in [6.45, 7) is 6.51. The van der Waals surface area contributed by atoms with Crippen molar-refractivity contribution >= 4 is 17.5 Å². The van der Waals surface area contributed by atoms with Crippen molar-refractivity contribution in [2.45, 2.75) is 19.9 Å². The Bertz CT molecular complexity index is 525. The molecule has 6 nitrogen and oxygen atoms in total. The Morgan fingerprint density at radius 2 is 2.00 bits per heavy atom. The smallest absolute Gasteiger partial charge is 0.251 e. The molecule has 0 atom stereocenters. The summed E-state index contributed by atoms with van der Waals surface area (Å²) in [4.78, 5) is 25.8. The third kappa shape index (κ3) is 4.73. The standard InChI is InChI=1S/C16H23N3O3/c1-12(2)18-16(21)13-4-3-5-14(10-13)17-11-15(20)19-6-8-22-9-7-19/h3-5,10,12,17H,6-9,11H2,1-2H3,(H,18,21). The zero-order chi connectivity index (χ0) is 15.9. The van der Waals surface area contributed by atoms with Crippen molar-refractivity contribution in [2.75, 3.05) is 38.2 Å². The molecule has 0 aromatic heterocycles. The minimum absolute atomic E-state index is 0.0420. The van der Waals surface area contributed by atoms with Gasteiger partial charge in [-0.2, -0.15) is 0 Å². The minimum Gasteiger partial charge on any atom is -0.378 e. The van der Waals surface area contributed by atoms with E-state index in [1.54, 1.807) is 23.1 Å².